The van der Waals surface area contributed by atoms with Crippen LogP contribution in [0, 0.1) is 0 Å². The smallest absolute Gasteiger partial charge is 0.337 e. The largest absolute Gasteiger partial charge is 0.465 e. The van der Waals surface area contributed by atoms with Gasteiger partial charge in [0.15, 0.2) is 15.0 Å². The molecule has 9 heteroatoms. The van der Waals surface area contributed by atoms with Crippen LogP contribution in [-0.4, -0.2) is 47.8 Å². The van der Waals surface area contributed by atoms with Crippen LogP contribution in [0.25, 0.3) is 0 Å². The van der Waals surface area contributed by atoms with E-state index in [0.29, 0.717) is 17.7 Å². The number of hydrogen-bond acceptors (Lipinski definition) is 7. The number of esters is 1. The van der Waals surface area contributed by atoms with E-state index in [1.54, 1.807) is 12.1 Å². The maximum atomic E-state index is 11.6. The summed E-state index contributed by atoms with van der Waals surface area (Å²) >= 11 is 1.52. The van der Waals surface area contributed by atoms with Crippen LogP contribution in [0.15, 0.2) is 29.4 Å². The molecule has 1 aromatic carbocycles. The lowest BCUT2D eigenvalue weighted by Gasteiger charge is -2.08. The summed E-state index contributed by atoms with van der Waals surface area (Å²) in [6.07, 6.45) is 0.605. The molecule has 0 saturated carbocycles. The van der Waals surface area contributed by atoms with Crippen LogP contribution < -0.4 is 0 Å². The van der Waals surface area contributed by atoms with Crippen LogP contribution >= 0.6 is 11.8 Å². The fraction of sp³-hybridized carbons (Fsp3) is 0.438. The van der Waals surface area contributed by atoms with Crippen molar-refractivity contribution in [2.75, 3.05) is 18.6 Å². The topological polar surface area (TPSA) is 91.2 Å². The number of nitrogens with zero attached hydrogens (tertiary/aromatic N) is 3. The Labute approximate surface area is 150 Å². The molecule has 1 unspecified atom stereocenters. The molecule has 0 aliphatic carbocycles. The molecule has 1 atom stereocenters. The van der Waals surface area contributed by atoms with E-state index in [1.165, 1.54) is 18.9 Å². The Kier molecular flexibility index (Phi) is 5.14. The molecule has 25 heavy (non-hydrogen) atoms. The predicted octanol–water partition coefficient (Wildman–Crippen LogP) is 1.80. The summed E-state index contributed by atoms with van der Waals surface area (Å²) in [5, 5.41) is 9.13. The SMILES string of the molecule is COC(=O)c1ccc(CSc2nnc(C3CCS(=O)(=O)C3)n2C)cc1. The van der Waals surface area contributed by atoms with Gasteiger partial charge in [-0.25, -0.2) is 13.2 Å². The van der Waals surface area contributed by atoms with Crippen LogP contribution in [0.2, 0.25) is 0 Å². The molecule has 2 aromatic rings. The lowest BCUT2D eigenvalue weighted by Crippen LogP contribution is -2.09. The number of ether oxygens (including phenoxy) is 1. The monoisotopic (exact) mass is 381 g/mol. The zero-order valence-corrected chi connectivity index (χ0v) is 15.6. The van der Waals surface area contributed by atoms with Gasteiger partial charge in [-0.3, -0.25) is 0 Å². The summed E-state index contributed by atoms with van der Waals surface area (Å²) < 4.78 is 29.8. The Balaban J connectivity index is 1.65. The zero-order chi connectivity index (χ0) is 18.0. The van der Waals surface area contributed by atoms with Crippen LogP contribution in [0.3, 0.4) is 0 Å². The van der Waals surface area contributed by atoms with E-state index >= 15 is 0 Å². The summed E-state index contributed by atoms with van der Waals surface area (Å²) in [5.41, 5.74) is 1.56. The van der Waals surface area contributed by atoms with Gasteiger partial charge in [0.2, 0.25) is 0 Å². The number of aromatic nitrogens is 3. The highest BCUT2D eigenvalue weighted by molar-refractivity contribution is 7.98. The molecule has 0 radical (unpaired) electrons. The number of rotatable bonds is 5. The van der Waals surface area contributed by atoms with Gasteiger partial charge in [0.1, 0.15) is 5.82 Å². The van der Waals surface area contributed by atoms with Gasteiger partial charge in [-0.15, -0.1) is 10.2 Å². The summed E-state index contributed by atoms with van der Waals surface area (Å²) in [4.78, 5) is 11.4. The molecule has 0 N–H and O–H groups in total. The minimum Gasteiger partial charge on any atom is -0.465 e. The maximum Gasteiger partial charge on any atom is 0.337 e. The average Bonchev–Trinajstić information content (AvgIpc) is 3.14. The highest BCUT2D eigenvalue weighted by atomic mass is 32.2. The van der Waals surface area contributed by atoms with Gasteiger partial charge in [0.05, 0.1) is 24.2 Å². The Bertz CT molecular complexity index is 875. The Morgan fingerprint density at radius 1 is 1.32 bits per heavy atom. The number of methoxy groups -OCH3 is 1. The van der Waals surface area contributed by atoms with Gasteiger partial charge in [-0.05, 0) is 24.1 Å². The number of carbonyl (C=O) groups is 1. The Hall–Kier alpha value is -1.87. The van der Waals surface area contributed by atoms with Crippen molar-refractivity contribution >= 4 is 27.6 Å². The molecule has 3 rings (SSSR count). The number of carbonyl (C=O) groups excluding carboxylic acids is 1. The first-order valence-electron chi connectivity index (χ1n) is 7.79. The average molecular weight is 381 g/mol. The van der Waals surface area contributed by atoms with Crippen molar-refractivity contribution in [1.82, 2.24) is 14.8 Å². The predicted molar refractivity (Wildman–Crippen MR) is 94.4 cm³/mol. The quantitative estimate of drug-likeness (QED) is 0.576. The molecular weight excluding hydrogens is 362 g/mol. The van der Waals surface area contributed by atoms with Gasteiger partial charge in [0.25, 0.3) is 0 Å². The molecule has 0 amide bonds. The molecule has 0 spiro atoms. The van der Waals surface area contributed by atoms with Crippen LogP contribution in [0.1, 0.15) is 34.1 Å². The van der Waals surface area contributed by atoms with E-state index in [-0.39, 0.29) is 23.4 Å². The lowest BCUT2D eigenvalue weighted by molar-refractivity contribution is 0.0600. The molecule has 7 nitrogen and oxygen atoms in total. The second kappa shape index (κ2) is 7.17. The molecule has 1 aromatic heterocycles. The third-order valence-electron chi connectivity index (χ3n) is 4.21. The molecule has 1 aliphatic heterocycles. The second-order valence-electron chi connectivity index (χ2n) is 5.98. The number of sulfone groups is 1. The molecule has 1 saturated heterocycles. The summed E-state index contributed by atoms with van der Waals surface area (Å²) in [5.74, 6) is 1.35. The minimum atomic E-state index is -2.95. The standard InChI is InChI=1S/C16H19N3O4S2/c1-19-14(13-7-8-25(21,22)10-13)17-18-16(19)24-9-11-3-5-12(6-4-11)15(20)23-2/h3-6,13H,7-10H2,1-2H3. The number of benzene rings is 1. The van der Waals surface area contributed by atoms with Gasteiger partial charge < -0.3 is 9.30 Å². The van der Waals surface area contributed by atoms with Crippen molar-refractivity contribution in [2.45, 2.75) is 23.2 Å². The van der Waals surface area contributed by atoms with E-state index in [0.717, 1.165) is 16.5 Å². The van der Waals surface area contributed by atoms with E-state index in [1.807, 2.05) is 23.7 Å². The maximum absolute atomic E-state index is 11.6. The van der Waals surface area contributed by atoms with Gasteiger partial charge in [-0.2, -0.15) is 0 Å². The van der Waals surface area contributed by atoms with Crippen molar-refractivity contribution in [2.24, 2.45) is 7.05 Å². The molecule has 1 fully saturated rings. The molecule has 1 aliphatic rings. The Morgan fingerprint density at radius 3 is 2.64 bits per heavy atom. The van der Waals surface area contributed by atoms with Gasteiger partial charge in [0, 0.05) is 18.7 Å². The summed E-state index contributed by atoms with van der Waals surface area (Å²) in [7, 11) is 0.273. The molecule has 2 heterocycles. The first-order valence-corrected chi connectivity index (χ1v) is 10.6. The third kappa shape index (κ3) is 4.04. The van der Waals surface area contributed by atoms with Crippen LogP contribution in [-0.2, 0) is 27.4 Å². The highest BCUT2D eigenvalue weighted by Gasteiger charge is 2.32. The molecule has 134 valence electrons. The summed E-state index contributed by atoms with van der Waals surface area (Å²) in [6.45, 7) is 0. The van der Waals surface area contributed by atoms with Crippen molar-refractivity contribution in [3.8, 4) is 0 Å². The third-order valence-corrected chi connectivity index (χ3v) is 7.07. The number of hydrogen-bond donors (Lipinski definition) is 0. The first kappa shape index (κ1) is 17.9. The number of thioether (sulfide) groups is 1. The van der Waals surface area contributed by atoms with Crippen molar-refractivity contribution in [1.29, 1.82) is 0 Å². The fourth-order valence-corrected chi connectivity index (χ4v) is 5.42. The Morgan fingerprint density at radius 2 is 2.04 bits per heavy atom. The molecular formula is C16H19N3O4S2. The van der Waals surface area contributed by atoms with E-state index in [2.05, 4.69) is 14.9 Å². The minimum absolute atomic E-state index is 0.0730. The molecule has 0 bridgehead atoms. The van der Waals surface area contributed by atoms with E-state index in [9.17, 15) is 13.2 Å². The highest BCUT2D eigenvalue weighted by Crippen LogP contribution is 2.30. The van der Waals surface area contributed by atoms with Gasteiger partial charge in [-0.1, -0.05) is 23.9 Å². The van der Waals surface area contributed by atoms with Gasteiger partial charge >= 0.3 is 5.97 Å². The normalized spacial score (nSPS) is 19.0. The van der Waals surface area contributed by atoms with E-state index in [4.69, 9.17) is 0 Å². The second-order valence-corrected chi connectivity index (χ2v) is 9.15. The van der Waals surface area contributed by atoms with E-state index < -0.39 is 9.84 Å². The van der Waals surface area contributed by atoms with Crippen LogP contribution in [0.4, 0.5) is 0 Å². The first-order chi connectivity index (χ1) is 11.9. The van der Waals surface area contributed by atoms with Crippen LogP contribution in [0.5, 0.6) is 0 Å². The summed E-state index contributed by atoms with van der Waals surface area (Å²) in [6, 6.07) is 7.21. The van der Waals surface area contributed by atoms with Crippen molar-refractivity contribution < 1.29 is 17.9 Å². The fourth-order valence-electron chi connectivity index (χ4n) is 2.81. The lowest BCUT2D eigenvalue weighted by atomic mass is 10.1. The van der Waals surface area contributed by atoms with Crippen molar-refractivity contribution in [3.63, 3.8) is 0 Å². The zero-order valence-electron chi connectivity index (χ0n) is 14.0. The van der Waals surface area contributed by atoms with Crippen molar-refractivity contribution in [3.05, 3.63) is 41.2 Å².